The summed E-state index contributed by atoms with van der Waals surface area (Å²) in [6, 6.07) is 0. The Kier molecular flexibility index (Phi) is 22.3. The standard InChI is InChI=1S/C19H34O46S10/c1-50-17-14(63-73(41,42)43)11(8(59-69(29,30)31)5(54-17)2-51-66(20,21)22)57-18-15(64-74(44,45)46)12(9(60-70(32,33)34)6(55-18)3-52-67(23,24)25)58-19-16(65-75(47,48)49)13(62-72(38,39)40)10(61-71(35,36)37)7(56-19)4-53-68(26,27)28/h5-19H,2-4H2,1H3,(H,20,21,22)(H,23,24,25)(H,26,27,28)(H,29,30,31)(H,32,33,34)(H,35,36,37)(H,38,39,40)(H,41,42,43)(H,44,45,46)(H,47,48,49)/t5-,6-,7-,8-,9-,10-,11+,12+,13+,14+,15+,16+,17+,18-,19-/m1/s1. The third-order valence-corrected chi connectivity index (χ3v) is 12.9. The average molecular weight is 1320 g/mol. The van der Waals surface area contributed by atoms with Crippen LogP contribution in [0.4, 0.5) is 0 Å². The minimum atomic E-state index is -6.52. The Balaban J connectivity index is 2.58. The van der Waals surface area contributed by atoms with Gasteiger partial charge in [-0.15, -0.1) is 0 Å². The number of hydrogen-bond acceptors (Lipinski definition) is 36. The van der Waals surface area contributed by atoms with Crippen LogP contribution in [0.15, 0.2) is 0 Å². The van der Waals surface area contributed by atoms with E-state index >= 15 is 0 Å². The fourth-order valence-electron chi connectivity index (χ4n) is 6.27. The molecular weight excluding hydrogens is 1280 g/mol. The van der Waals surface area contributed by atoms with Gasteiger partial charge in [0.15, 0.2) is 37.2 Å². The second-order valence-electron chi connectivity index (χ2n) is 13.6. The van der Waals surface area contributed by atoms with Gasteiger partial charge in [0, 0.05) is 7.11 Å². The van der Waals surface area contributed by atoms with Gasteiger partial charge >= 0.3 is 104 Å². The van der Waals surface area contributed by atoms with Gasteiger partial charge in [0.1, 0.15) is 54.9 Å². The van der Waals surface area contributed by atoms with Crippen molar-refractivity contribution in [2.75, 3.05) is 26.9 Å². The fraction of sp³-hybridized carbons (Fsp3) is 1.00. The predicted molar refractivity (Wildman–Crippen MR) is 210 cm³/mol. The van der Waals surface area contributed by atoms with Gasteiger partial charge in [0.05, 0.1) is 19.8 Å². The molecule has 0 saturated carbocycles. The normalized spacial score (nSPS) is 32.5. The van der Waals surface area contributed by atoms with Gasteiger partial charge in [-0.25, -0.2) is 41.8 Å². The van der Waals surface area contributed by atoms with Crippen LogP contribution in [-0.4, -0.2) is 249 Å². The van der Waals surface area contributed by atoms with Crippen LogP contribution in [0.25, 0.3) is 0 Å². The van der Waals surface area contributed by atoms with Crippen LogP contribution in [0.3, 0.4) is 0 Å². The lowest BCUT2D eigenvalue weighted by atomic mass is 9.96. The highest BCUT2D eigenvalue weighted by Gasteiger charge is 2.61. The van der Waals surface area contributed by atoms with Crippen LogP contribution in [0.2, 0.25) is 0 Å². The Morgan fingerprint density at radius 3 is 0.720 bits per heavy atom. The van der Waals surface area contributed by atoms with Gasteiger partial charge in [-0.3, -0.25) is 45.5 Å². The molecule has 0 aromatic rings. The minimum Gasteiger partial charge on any atom is -0.353 e. The van der Waals surface area contributed by atoms with Gasteiger partial charge < -0.3 is 28.4 Å². The summed E-state index contributed by atoms with van der Waals surface area (Å²) in [5, 5.41) is 0. The summed E-state index contributed by atoms with van der Waals surface area (Å²) in [5.41, 5.74) is 0. The zero-order valence-electron chi connectivity index (χ0n) is 35.0. The smallest absolute Gasteiger partial charge is 0.353 e. The molecule has 0 aliphatic carbocycles. The molecule has 0 bridgehead atoms. The molecule has 0 aromatic heterocycles. The van der Waals surface area contributed by atoms with Gasteiger partial charge in [-0.1, -0.05) is 0 Å². The number of ether oxygens (including phenoxy) is 6. The molecule has 46 nitrogen and oxygen atoms in total. The third-order valence-electron chi connectivity index (χ3n) is 8.36. The van der Waals surface area contributed by atoms with E-state index in [1.54, 1.807) is 0 Å². The molecule has 3 heterocycles. The zero-order chi connectivity index (χ0) is 58.1. The Labute approximate surface area is 420 Å². The Morgan fingerprint density at radius 2 is 0.480 bits per heavy atom. The number of methoxy groups -OCH3 is 1. The highest BCUT2D eigenvalue weighted by molar-refractivity contribution is 7.83. The highest BCUT2D eigenvalue weighted by Crippen LogP contribution is 2.40. The van der Waals surface area contributed by atoms with Gasteiger partial charge in [0.2, 0.25) is 0 Å². The lowest BCUT2D eigenvalue weighted by molar-refractivity contribution is -0.369. The highest BCUT2D eigenvalue weighted by atomic mass is 32.3. The van der Waals surface area contributed by atoms with Crippen molar-refractivity contribution < 1.29 is 200 Å². The Bertz CT molecular complexity index is 3150. The summed E-state index contributed by atoms with van der Waals surface area (Å²) in [5.74, 6) is 0. The van der Waals surface area contributed by atoms with Crippen LogP contribution < -0.4 is 0 Å². The Hall–Kier alpha value is -1.54. The molecule has 15 atom stereocenters. The van der Waals surface area contributed by atoms with Gasteiger partial charge in [-0.2, -0.15) is 84.2 Å². The molecule has 3 rings (SSSR count). The average Bonchev–Trinajstić information content (AvgIpc) is 3.14. The van der Waals surface area contributed by atoms with Crippen molar-refractivity contribution in [3.8, 4) is 0 Å². The second-order valence-corrected chi connectivity index (χ2v) is 24.2. The lowest BCUT2D eigenvalue weighted by Gasteiger charge is -2.50. The predicted octanol–water partition coefficient (Wildman–Crippen LogP) is -8.65. The van der Waals surface area contributed by atoms with Gasteiger partial charge in [-0.05, 0) is 0 Å². The van der Waals surface area contributed by atoms with E-state index in [0.29, 0.717) is 7.11 Å². The van der Waals surface area contributed by atoms with E-state index in [9.17, 15) is 130 Å². The molecule has 0 spiro atoms. The Morgan fingerprint density at radius 1 is 0.280 bits per heavy atom. The molecule has 56 heteroatoms. The molecular formula is C19H34O46S10. The van der Waals surface area contributed by atoms with Crippen LogP contribution in [0.5, 0.6) is 0 Å². The molecule has 10 N–H and O–H groups in total. The molecule has 446 valence electrons. The molecule has 75 heavy (non-hydrogen) atoms. The molecule has 3 fully saturated rings. The maximum Gasteiger partial charge on any atom is 0.397 e. The topological polar surface area (TPSA) is 691 Å². The monoisotopic (exact) mass is 1320 g/mol. The first-order valence-electron chi connectivity index (χ1n) is 17.6. The van der Waals surface area contributed by atoms with Crippen LogP contribution >= 0.6 is 0 Å². The van der Waals surface area contributed by atoms with Crippen molar-refractivity contribution >= 4 is 104 Å². The maximum atomic E-state index is 12.5. The van der Waals surface area contributed by atoms with Crippen molar-refractivity contribution in [3.63, 3.8) is 0 Å². The van der Waals surface area contributed by atoms with E-state index in [2.05, 4.69) is 41.8 Å². The second kappa shape index (κ2) is 24.7. The van der Waals surface area contributed by atoms with Crippen molar-refractivity contribution in [2.45, 2.75) is 92.1 Å². The van der Waals surface area contributed by atoms with Crippen LogP contribution in [0.1, 0.15) is 0 Å². The van der Waals surface area contributed by atoms with E-state index in [4.69, 9.17) is 28.4 Å². The number of rotatable bonds is 28. The minimum absolute atomic E-state index is 0.506. The van der Waals surface area contributed by atoms with Crippen LogP contribution in [-0.2, 0) is 174 Å². The van der Waals surface area contributed by atoms with Crippen molar-refractivity contribution in [3.05, 3.63) is 0 Å². The van der Waals surface area contributed by atoms with Gasteiger partial charge in [0.25, 0.3) is 0 Å². The molecule has 3 saturated heterocycles. The summed E-state index contributed by atoms with van der Waals surface area (Å²) in [6.45, 7) is -6.05. The first kappa shape index (κ1) is 67.7. The summed E-state index contributed by atoms with van der Waals surface area (Å²) >= 11 is 0. The fourth-order valence-corrected chi connectivity index (χ4v) is 10.7. The molecule has 0 aromatic carbocycles. The summed E-state index contributed by atoms with van der Waals surface area (Å²) in [7, 11) is -61.3. The maximum absolute atomic E-state index is 12.5. The van der Waals surface area contributed by atoms with E-state index in [-0.39, 0.29) is 0 Å². The lowest BCUT2D eigenvalue weighted by Crippen LogP contribution is -2.69. The largest absolute Gasteiger partial charge is 0.397 e. The summed E-state index contributed by atoms with van der Waals surface area (Å²) < 4.78 is 408. The molecule has 0 radical (unpaired) electrons. The van der Waals surface area contributed by atoms with E-state index in [1.807, 2.05) is 0 Å². The summed E-state index contributed by atoms with van der Waals surface area (Å²) in [4.78, 5) is 0. The SMILES string of the molecule is CO[C@H]1O[C@H](COS(=O)(=O)O)[C@@H](OS(=O)(=O)O)[C@H](O[C@H]2O[C@H](COS(=O)(=O)O)[C@@H](OS(=O)(=O)O)[C@H](O[C@H]3O[C@H](COS(=O)(=O)O)[C@@H](OS(=O)(=O)O)[C@H](OS(=O)(=O)O)[C@@H]3OS(=O)(=O)O)[C@@H]2OS(=O)(=O)O)[C@@H]1OS(=O)(=O)O. The molecule has 0 unspecified atom stereocenters. The molecule has 3 aliphatic rings. The first-order valence-corrected chi connectivity index (χ1v) is 31.2. The van der Waals surface area contributed by atoms with Crippen molar-refractivity contribution in [1.29, 1.82) is 0 Å². The zero-order valence-corrected chi connectivity index (χ0v) is 43.2. The van der Waals surface area contributed by atoms with E-state index in [0.717, 1.165) is 0 Å². The number of hydrogen-bond donors (Lipinski definition) is 10. The van der Waals surface area contributed by atoms with Crippen molar-refractivity contribution in [2.24, 2.45) is 0 Å². The van der Waals surface area contributed by atoms with E-state index < -0.39 is 216 Å². The molecule has 0 amide bonds. The quantitative estimate of drug-likeness (QED) is 0.0325. The first-order chi connectivity index (χ1) is 33.3. The molecule has 3 aliphatic heterocycles. The van der Waals surface area contributed by atoms with E-state index in [1.165, 1.54) is 0 Å². The van der Waals surface area contributed by atoms with Crippen molar-refractivity contribution in [1.82, 2.24) is 0 Å². The van der Waals surface area contributed by atoms with Crippen LogP contribution in [0, 0.1) is 0 Å². The third kappa shape index (κ3) is 24.4. The summed E-state index contributed by atoms with van der Waals surface area (Å²) in [6.07, 6.45) is -49.5.